The van der Waals surface area contributed by atoms with E-state index in [2.05, 4.69) is 26.1 Å². The molecule has 3 aromatic rings. The summed E-state index contributed by atoms with van der Waals surface area (Å²) in [6, 6.07) is 8.88. The molecule has 0 aliphatic heterocycles. The molecule has 3 rings (SSSR count). The molecule has 0 bridgehead atoms. The van der Waals surface area contributed by atoms with Crippen molar-refractivity contribution < 1.29 is 5.11 Å². The van der Waals surface area contributed by atoms with E-state index in [0.29, 0.717) is 22.7 Å². The fraction of sp³-hybridized carbons (Fsp3) is 0. The van der Waals surface area contributed by atoms with Crippen molar-refractivity contribution in [1.29, 1.82) is 0 Å². The SMILES string of the molecule is Nc1cccc(-c2nnc3ccc(Br)cn23)c1O. The molecule has 0 amide bonds. The van der Waals surface area contributed by atoms with E-state index in [1.54, 1.807) is 22.6 Å². The van der Waals surface area contributed by atoms with Gasteiger partial charge in [0.05, 0.1) is 11.3 Å². The summed E-state index contributed by atoms with van der Waals surface area (Å²) < 4.78 is 2.69. The first-order chi connectivity index (χ1) is 8.66. The summed E-state index contributed by atoms with van der Waals surface area (Å²) >= 11 is 3.39. The highest BCUT2D eigenvalue weighted by molar-refractivity contribution is 9.10. The van der Waals surface area contributed by atoms with Crippen molar-refractivity contribution in [3.05, 3.63) is 41.0 Å². The molecule has 90 valence electrons. The summed E-state index contributed by atoms with van der Waals surface area (Å²) in [7, 11) is 0. The lowest BCUT2D eigenvalue weighted by Gasteiger charge is -2.05. The number of hydrogen-bond acceptors (Lipinski definition) is 4. The minimum absolute atomic E-state index is 0.0202. The smallest absolute Gasteiger partial charge is 0.172 e. The summed E-state index contributed by atoms with van der Waals surface area (Å²) in [4.78, 5) is 0. The Labute approximate surface area is 111 Å². The molecule has 0 aliphatic carbocycles. The zero-order chi connectivity index (χ0) is 12.7. The Balaban J connectivity index is 2.32. The summed E-state index contributed by atoms with van der Waals surface area (Å²) in [5.41, 5.74) is 7.26. The lowest BCUT2D eigenvalue weighted by atomic mass is 10.1. The number of aromatic hydroxyl groups is 1. The van der Waals surface area contributed by atoms with Crippen LogP contribution >= 0.6 is 15.9 Å². The Morgan fingerprint density at radius 1 is 1.17 bits per heavy atom. The van der Waals surface area contributed by atoms with Crippen molar-refractivity contribution >= 4 is 27.3 Å². The van der Waals surface area contributed by atoms with Crippen molar-refractivity contribution in [3.63, 3.8) is 0 Å². The lowest BCUT2D eigenvalue weighted by Crippen LogP contribution is -1.92. The normalized spacial score (nSPS) is 10.9. The van der Waals surface area contributed by atoms with Gasteiger partial charge in [0, 0.05) is 10.7 Å². The van der Waals surface area contributed by atoms with Crippen LogP contribution in [-0.4, -0.2) is 19.7 Å². The molecule has 0 saturated heterocycles. The topological polar surface area (TPSA) is 76.4 Å². The second-order valence-electron chi connectivity index (χ2n) is 3.84. The minimum Gasteiger partial charge on any atom is -0.505 e. The van der Waals surface area contributed by atoms with Crippen molar-refractivity contribution in [2.24, 2.45) is 0 Å². The minimum atomic E-state index is 0.0202. The predicted molar refractivity (Wildman–Crippen MR) is 72.2 cm³/mol. The van der Waals surface area contributed by atoms with Gasteiger partial charge in [-0.05, 0) is 40.2 Å². The molecule has 2 heterocycles. The third-order valence-electron chi connectivity index (χ3n) is 2.67. The van der Waals surface area contributed by atoms with Crippen LogP contribution in [0, 0.1) is 0 Å². The van der Waals surface area contributed by atoms with Crippen LogP contribution < -0.4 is 5.73 Å². The molecule has 0 radical (unpaired) electrons. The Hall–Kier alpha value is -2.08. The predicted octanol–water partition coefficient (Wildman–Crippen LogP) is 2.45. The average Bonchev–Trinajstić information content (AvgIpc) is 2.75. The van der Waals surface area contributed by atoms with E-state index in [1.807, 2.05) is 18.3 Å². The molecule has 0 aliphatic rings. The molecule has 0 spiro atoms. The van der Waals surface area contributed by atoms with Crippen molar-refractivity contribution in [1.82, 2.24) is 14.6 Å². The second kappa shape index (κ2) is 3.99. The fourth-order valence-corrected chi connectivity index (χ4v) is 2.13. The second-order valence-corrected chi connectivity index (χ2v) is 4.76. The van der Waals surface area contributed by atoms with Crippen molar-refractivity contribution in [3.8, 4) is 17.1 Å². The zero-order valence-electron chi connectivity index (χ0n) is 9.21. The van der Waals surface area contributed by atoms with Crippen LogP contribution in [0.4, 0.5) is 5.69 Å². The number of pyridine rings is 1. The van der Waals surface area contributed by atoms with E-state index in [0.717, 1.165) is 4.47 Å². The van der Waals surface area contributed by atoms with Gasteiger partial charge < -0.3 is 10.8 Å². The highest BCUT2D eigenvalue weighted by atomic mass is 79.9. The van der Waals surface area contributed by atoms with Gasteiger partial charge in [-0.2, -0.15) is 0 Å². The quantitative estimate of drug-likeness (QED) is 0.535. The van der Waals surface area contributed by atoms with Crippen LogP contribution in [0.2, 0.25) is 0 Å². The van der Waals surface area contributed by atoms with Crippen LogP contribution in [0.25, 0.3) is 17.0 Å². The first kappa shape index (κ1) is 11.0. The van der Waals surface area contributed by atoms with Crippen LogP contribution in [0.3, 0.4) is 0 Å². The average molecular weight is 305 g/mol. The summed E-state index contributed by atoms with van der Waals surface area (Å²) in [6.07, 6.45) is 1.84. The molecule has 0 fully saturated rings. The van der Waals surface area contributed by atoms with Gasteiger partial charge in [-0.15, -0.1) is 10.2 Å². The van der Waals surface area contributed by atoms with E-state index < -0.39 is 0 Å². The van der Waals surface area contributed by atoms with E-state index in [9.17, 15) is 5.11 Å². The van der Waals surface area contributed by atoms with Gasteiger partial charge in [0.2, 0.25) is 0 Å². The Morgan fingerprint density at radius 3 is 2.83 bits per heavy atom. The fourth-order valence-electron chi connectivity index (χ4n) is 1.79. The Bertz CT molecular complexity index is 738. The van der Waals surface area contributed by atoms with Crippen LogP contribution in [0.5, 0.6) is 5.75 Å². The number of aromatic nitrogens is 3. The van der Waals surface area contributed by atoms with E-state index in [1.165, 1.54) is 0 Å². The highest BCUT2D eigenvalue weighted by Crippen LogP contribution is 2.32. The molecule has 18 heavy (non-hydrogen) atoms. The maximum Gasteiger partial charge on any atom is 0.172 e. The molecular formula is C12H9BrN4O. The largest absolute Gasteiger partial charge is 0.505 e. The zero-order valence-corrected chi connectivity index (χ0v) is 10.8. The highest BCUT2D eigenvalue weighted by Gasteiger charge is 2.13. The standard InChI is InChI=1S/C12H9BrN4O/c13-7-4-5-10-15-16-12(17(10)6-7)8-2-1-3-9(14)11(8)18/h1-6,18H,14H2. The van der Waals surface area contributed by atoms with E-state index in [4.69, 9.17) is 5.73 Å². The van der Waals surface area contributed by atoms with Crippen molar-refractivity contribution in [2.45, 2.75) is 0 Å². The molecular weight excluding hydrogens is 296 g/mol. The number of fused-ring (bicyclic) bond motifs is 1. The third-order valence-corrected chi connectivity index (χ3v) is 3.14. The number of rotatable bonds is 1. The number of halogens is 1. The molecule has 6 heteroatoms. The van der Waals surface area contributed by atoms with Gasteiger partial charge in [-0.1, -0.05) is 6.07 Å². The number of hydrogen-bond donors (Lipinski definition) is 2. The molecule has 3 N–H and O–H groups in total. The Morgan fingerprint density at radius 2 is 2.00 bits per heavy atom. The molecule has 0 unspecified atom stereocenters. The maximum atomic E-state index is 9.98. The number of phenols is 1. The number of para-hydroxylation sites is 1. The molecule has 0 saturated carbocycles. The first-order valence-electron chi connectivity index (χ1n) is 5.25. The number of nitrogen functional groups attached to an aromatic ring is 1. The third kappa shape index (κ3) is 1.62. The summed E-state index contributed by atoms with van der Waals surface area (Å²) in [5.74, 6) is 0.572. The van der Waals surface area contributed by atoms with Gasteiger partial charge in [-0.25, -0.2) is 0 Å². The number of phenolic OH excluding ortho intramolecular Hbond substituents is 1. The Kier molecular flexibility index (Phi) is 2.45. The van der Waals surface area contributed by atoms with Gasteiger partial charge >= 0.3 is 0 Å². The number of nitrogens with two attached hydrogens (primary N) is 1. The van der Waals surface area contributed by atoms with E-state index in [-0.39, 0.29) is 5.75 Å². The number of anilines is 1. The number of benzene rings is 1. The molecule has 2 aromatic heterocycles. The van der Waals surface area contributed by atoms with Crippen molar-refractivity contribution in [2.75, 3.05) is 5.73 Å². The van der Waals surface area contributed by atoms with Gasteiger partial charge in [-0.3, -0.25) is 4.40 Å². The molecule has 0 atom stereocenters. The van der Waals surface area contributed by atoms with Crippen LogP contribution in [0.1, 0.15) is 0 Å². The first-order valence-corrected chi connectivity index (χ1v) is 6.04. The maximum absolute atomic E-state index is 9.98. The molecule has 5 nitrogen and oxygen atoms in total. The summed E-state index contributed by atoms with van der Waals surface area (Å²) in [5, 5.41) is 18.1. The summed E-state index contributed by atoms with van der Waals surface area (Å²) in [6.45, 7) is 0. The van der Waals surface area contributed by atoms with Gasteiger partial charge in [0.25, 0.3) is 0 Å². The lowest BCUT2D eigenvalue weighted by molar-refractivity contribution is 0.479. The van der Waals surface area contributed by atoms with Gasteiger partial charge in [0.15, 0.2) is 11.5 Å². The van der Waals surface area contributed by atoms with Crippen LogP contribution in [0.15, 0.2) is 41.0 Å². The van der Waals surface area contributed by atoms with Gasteiger partial charge in [0.1, 0.15) is 5.75 Å². The van der Waals surface area contributed by atoms with E-state index >= 15 is 0 Å². The molecule has 1 aromatic carbocycles. The number of nitrogens with zero attached hydrogens (tertiary/aromatic N) is 3. The van der Waals surface area contributed by atoms with Crippen LogP contribution in [-0.2, 0) is 0 Å². The monoisotopic (exact) mass is 304 g/mol.